The molecule has 0 aliphatic carbocycles. The molecule has 0 bridgehead atoms. The van der Waals surface area contributed by atoms with E-state index in [0.717, 1.165) is 21.9 Å². The van der Waals surface area contributed by atoms with E-state index in [4.69, 9.17) is 4.74 Å². The van der Waals surface area contributed by atoms with Crippen molar-refractivity contribution in [3.63, 3.8) is 0 Å². The summed E-state index contributed by atoms with van der Waals surface area (Å²) >= 11 is 0. The number of hydrogen-bond donors (Lipinski definition) is 2. The van der Waals surface area contributed by atoms with Gasteiger partial charge in [0, 0.05) is 6.08 Å². The van der Waals surface area contributed by atoms with Crippen LogP contribution in [0.1, 0.15) is 11.1 Å². The van der Waals surface area contributed by atoms with Gasteiger partial charge in [-0.15, -0.1) is 0 Å². The molecule has 136 valence electrons. The molecule has 0 fully saturated rings. The fourth-order valence-corrected chi connectivity index (χ4v) is 2.63. The zero-order chi connectivity index (χ0) is 19.1. The molecule has 0 unspecified atom stereocenters. The lowest BCUT2D eigenvalue weighted by atomic mass is 10.0. The Morgan fingerprint density at radius 2 is 1.67 bits per heavy atom. The Balaban J connectivity index is 1.51. The number of benzene rings is 3. The Morgan fingerprint density at radius 1 is 0.926 bits per heavy atom. The van der Waals surface area contributed by atoms with Crippen molar-refractivity contribution in [3.05, 3.63) is 83.9 Å². The average molecular weight is 360 g/mol. The van der Waals surface area contributed by atoms with Gasteiger partial charge in [0.25, 0.3) is 11.8 Å². The smallest absolute Gasteiger partial charge is 0.276 e. The number of carbonyl (C=O) groups is 2. The molecule has 0 saturated heterocycles. The van der Waals surface area contributed by atoms with Crippen molar-refractivity contribution in [3.8, 4) is 5.75 Å². The van der Waals surface area contributed by atoms with E-state index < -0.39 is 11.8 Å². The van der Waals surface area contributed by atoms with Crippen molar-refractivity contribution < 1.29 is 14.3 Å². The monoisotopic (exact) mass is 360 g/mol. The molecule has 27 heavy (non-hydrogen) atoms. The van der Waals surface area contributed by atoms with E-state index in [1.54, 1.807) is 12.1 Å². The van der Waals surface area contributed by atoms with Gasteiger partial charge >= 0.3 is 0 Å². The van der Waals surface area contributed by atoms with Crippen LogP contribution in [0.5, 0.6) is 5.75 Å². The molecule has 0 heterocycles. The Kier molecular flexibility index (Phi) is 5.84. The highest BCUT2D eigenvalue weighted by atomic mass is 16.5. The summed E-state index contributed by atoms with van der Waals surface area (Å²) in [6, 6.07) is 21.2. The zero-order valence-corrected chi connectivity index (χ0v) is 14.9. The largest absolute Gasteiger partial charge is 0.483 e. The Bertz CT molecular complexity index is 990. The maximum Gasteiger partial charge on any atom is 0.276 e. The minimum atomic E-state index is -0.440. The van der Waals surface area contributed by atoms with Crippen molar-refractivity contribution in [1.82, 2.24) is 10.9 Å². The lowest BCUT2D eigenvalue weighted by Crippen LogP contribution is -2.43. The van der Waals surface area contributed by atoms with E-state index in [0.29, 0.717) is 5.75 Å². The van der Waals surface area contributed by atoms with E-state index in [-0.39, 0.29) is 6.61 Å². The predicted molar refractivity (Wildman–Crippen MR) is 106 cm³/mol. The maximum atomic E-state index is 11.9. The SMILES string of the molecule is Cc1ccccc1OCC(=O)NNC(=O)/C=C/c1cccc2ccccc12. The van der Waals surface area contributed by atoms with Crippen molar-refractivity contribution in [2.75, 3.05) is 6.61 Å². The summed E-state index contributed by atoms with van der Waals surface area (Å²) in [5.74, 6) is -0.229. The van der Waals surface area contributed by atoms with Crippen LogP contribution in [0.4, 0.5) is 0 Å². The number of hydrazine groups is 1. The summed E-state index contributed by atoms with van der Waals surface area (Å²) < 4.78 is 5.43. The van der Waals surface area contributed by atoms with Crippen molar-refractivity contribution >= 4 is 28.7 Å². The standard InChI is InChI=1S/C22H20N2O3/c1-16-7-2-5-12-20(16)27-15-22(26)24-23-21(25)14-13-18-10-6-9-17-8-3-4-11-19(17)18/h2-14H,15H2,1H3,(H,23,25)(H,24,26)/b14-13+. The van der Waals surface area contributed by atoms with Crippen LogP contribution in [0.25, 0.3) is 16.8 Å². The summed E-state index contributed by atoms with van der Waals surface area (Å²) in [7, 11) is 0. The minimum absolute atomic E-state index is 0.182. The van der Waals surface area contributed by atoms with E-state index >= 15 is 0 Å². The highest BCUT2D eigenvalue weighted by molar-refractivity contribution is 5.97. The molecule has 2 amide bonds. The van der Waals surface area contributed by atoms with Crippen LogP contribution in [0.2, 0.25) is 0 Å². The Morgan fingerprint density at radius 3 is 2.52 bits per heavy atom. The second-order valence-electron chi connectivity index (χ2n) is 5.99. The number of hydrogen-bond acceptors (Lipinski definition) is 3. The predicted octanol–water partition coefficient (Wildman–Crippen LogP) is 3.39. The zero-order valence-electron chi connectivity index (χ0n) is 14.9. The first kappa shape index (κ1) is 18.2. The fraction of sp³-hybridized carbons (Fsp3) is 0.0909. The quantitative estimate of drug-likeness (QED) is 0.541. The van der Waals surface area contributed by atoms with Crippen molar-refractivity contribution in [2.24, 2.45) is 0 Å². The van der Waals surface area contributed by atoms with Gasteiger partial charge in [-0.25, -0.2) is 0 Å². The summed E-state index contributed by atoms with van der Waals surface area (Å²) in [5.41, 5.74) is 6.54. The number of amides is 2. The topological polar surface area (TPSA) is 67.4 Å². The first-order valence-electron chi connectivity index (χ1n) is 8.56. The third-order valence-corrected chi connectivity index (χ3v) is 4.02. The van der Waals surface area contributed by atoms with Crippen molar-refractivity contribution in [1.29, 1.82) is 0 Å². The highest BCUT2D eigenvalue weighted by Gasteiger charge is 2.05. The molecule has 0 aliphatic rings. The van der Waals surface area contributed by atoms with Gasteiger partial charge in [0.2, 0.25) is 0 Å². The molecule has 0 saturated carbocycles. The van der Waals surface area contributed by atoms with Crippen LogP contribution in [0, 0.1) is 6.92 Å². The molecular weight excluding hydrogens is 340 g/mol. The van der Waals surface area contributed by atoms with Gasteiger partial charge in [0.15, 0.2) is 6.61 Å². The second kappa shape index (κ2) is 8.67. The fourth-order valence-electron chi connectivity index (χ4n) is 2.63. The lowest BCUT2D eigenvalue weighted by Gasteiger charge is -2.09. The number of ether oxygens (including phenoxy) is 1. The number of para-hydroxylation sites is 1. The van der Waals surface area contributed by atoms with Crippen LogP contribution >= 0.6 is 0 Å². The number of fused-ring (bicyclic) bond motifs is 1. The molecule has 0 aliphatic heterocycles. The van der Waals surface area contributed by atoms with Gasteiger partial charge in [0.05, 0.1) is 0 Å². The number of rotatable bonds is 5. The Hall–Kier alpha value is -3.60. The van der Waals surface area contributed by atoms with Crippen LogP contribution in [-0.2, 0) is 9.59 Å². The molecule has 3 aromatic rings. The van der Waals surface area contributed by atoms with E-state index in [1.165, 1.54) is 6.08 Å². The van der Waals surface area contributed by atoms with Crippen LogP contribution < -0.4 is 15.6 Å². The number of aryl methyl sites for hydroxylation is 1. The summed E-state index contributed by atoms with van der Waals surface area (Å²) in [6.45, 7) is 1.71. The molecule has 0 aromatic heterocycles. The molecule has 3 aromatic carbocycles. The summed E-state index contributed by atoms with van der Waals surface area (Å²) in [6.07, 6.45) is 3.10. The maximum absolute atomic E-state index is 11.9. The molecule has 5 heteroatoms. The van der Waals surface area contributed by atoms with E-state index in [9.17, 15) is 9.59 Å². The van der Waals surface area contributed by atoms with Crippen LogP contribution in [0.3, 0.4) is 0 Å². The van der Waals surface area contributed by atoms with Gasteiger partial charge in [-0.1, -0.05) is 60.7 Å². The molecule has 5 nitrogen and oxygen atoms in total. The van der Waals surface area contributed by atoms with Crippen molar-refractivity contribution in [2.45, 2.75) is 6.92 Å². The first-order chi connectivity index (χ1) is 13.1. The van der Waals surface area contributed by atoms with Gasteiger partial charge in [-0.2, -0.15) is 0 Å². The number of nitrogens with one attached hydrogen (secondary N) is 2. The summed E-state index contributed by atoms with van der Waals surface area (Å²) in [4.78, 5) is 23.7. The lowest BCUT2D eigenvalue weighted by molar-refractivity contribution is -0.128. The van der Waals surface area contributed by atoms with Crippen LogP contribution in [-0.4, -0.2) is 18.4 Å². The molecular formula is C22H20N2O3. The van der Waals surface area contributed by atoms with Gasteiger partial charge in [-0.3, -0.25) is 20.4 Å². The van der Waals surface area contributed by atoms with Gasteiger partial charge < -0.3 is 4.74 Å². The Labute approximate surface area is 157 Å². The molecule has 2 N–H and O–H groups in total. The van der Waals surface area contributed by atoms with E-state index in [1.807, 2.05) is 67.6 Å². The average Bonchev–Trinajstić information content (AvgIpc) is 2.70. The summed E-state index contributed by atoms with van der Waals surface area (Å²) in [5, 5.41) is 2.15. The molecule has 0 atom stereocenters. The normalized spacial score (nSPS) is 10.7. The third-order valence-electron chi connectivity index (χ3n) is 4.02. The second-order valence-corrected chi connectivity index (χ2v) is 5.99. The molecule has 0 spiro atoms. The van der Waals surface area contributed by atoms with E-state index in [2.05, 4.69) is 10.9 Å². The van der Waals surface area contributed by atoms with Crippen LogP contribution in [0.15, 0.2) is 72.8 Å². The van der Waals surface area contributed by atoms with Gasteiger partial charge in [0.1, 0.15) is 5.75 Å². The molecule has 0 radical (unpaired) electrons. The van der Waals surface area contributed by atoms with Gasteiger partial charge in [-0.05, 0) is 41.0 Å². The number of carbonyl (C=O) groups excluding carboxylic acids is 2. The first-order valence-corrected chi connectivity index (χ1v) is 8.56. The highest BCUT2D eigenvalue weighted by Crippen LogP contribution is 2.19. The molecule has 3 rings (SSSR count). The third kappa shape index (κ3) is 4.95. The minimum Gasteiger partial charge on any atom is -0.483 e.